The van der Waals surface area contributed by atoms with Crippen LogP contribution >= 0.6 is 0 Å². The van der Waals surface area contributed by atoms with Gasteiger partial charge in [0, 0.05) is 6.04 Å². The van der Waals surface area contributed by atoms with Crippen LogP contribution in [0.25, 0.3) is 0 Å². The molecule has 2 aromatic carbocycles. The van der Waals surface area contributed by atoms with Crippen molar-refractivity contribution in [3.63, 3.8) is 0 Å². The Kier molecular flexibility index (Phi) is 4.09. The van der Waals surface area contributed by atoms with Crippen molar-refractivity contribution < 1.29 is 0 Å². The maximum Gasteiger partial charge on any atom is 0.0256 e. The monoisotopic (exact) mass is 280 g/mol. The van der Waals surface area contributed by atoms with Crippen LogP contribution in [-0.4, -0.2) is 6.04 Å². The lowest BCUT2D eigenvalue weighted by molar-refractivity contribution is 0.421. The smallest absolute Gasteiger partial charge is 0.0256 e. The summed E-state index contributed by atoms with van der Waals surface area (Å²) in [6, 6.07) is 15.9. The van der Waals surface area contributed by atoms with Crippen molar-refractivity contribution in [2.45, 2.75) is 45.1 Å². The van der Waals surface area contributed by atoms with E-state index in [-0.39, 0.29) is 0 Å². The molecule has 2 nitrogen and oxygen atoms in total. The second-order valence-corrected chi connectivity index (χ2v) is 6.40. The quantitative estimate of drug-likeness (QED) is 0.650. The Hall–Kier alpha value is -1.64. The molecule has 1 aliphatic carbocycles. The van der Waals surface area contributed by atoms with Crippen molar-refractivity contribution in [3.8, 4) is 0 Å². The summed E-state index contributed by atoms with van der Waals surface area (Å²) in [7, 11) is 0. The maximum atomic E-state index is 5.79. The Labute approximate surface area is 127 Å². The predicted octanol–water partition coefficient (Wildman–Crippen LogP) is 3.41. The van der Waals surface area contributed by atoms with Crippen molar-refractivity contribution in [1.29, 1.82) is 0 Å². The van der Waals surface area contributed by atoms with Crippen LogP contribution in [0.5, 0.6) is 0 Å². The van der Waals surface area contributed by atoms with E-state index in [4.69, 9.17) is 5.84 Å². The summed E-state index contributed by atoms with van der Waals surface area (Å²) in [6.45, 7) is 4.31. The number of rotatable bonds is 5. The predicted molar refractivity (Wildman–Crippen MR) is 88.2 cm³/mol. The number of benzene rings is 2. The van der Waals surface area contributed by atoms with Gasteiger partial charge in [-0.05, 0) is 55.7 Å². The fraction of sp³-hybridized carbons (Fsp3) is 0.368. The molecule has 0 radical (unpaired) electrons. The number of fused-ring (bicyclic) bond motifs is 1. The highest BCUT2D eigenvalue weighted by atomic mass is 15.2. The highest BCUT2D eigenvalue weighted by Gasteiger charge is 2.27. The SMILES string of the molecule is Cc1cc(C)cc(CC(CC2Cc3ccccc32)NN)c1. The highest BCUT2D eigenvalue weighted by molar-refractivity contribution is 5.40. The van der Waals surface area contributed by atoms with Gasteiger partial charge in [-0.3, -0.25) is 11.3 Å². The molecule has 110 valence electrons. The molecule has 0 saturated carbocycles. The second-order valence-electron chi connectivity index (χ2n) is 6.40. The van der Waals surface area contributed by atoms with E-state index in [0.717, 1.165) is 12.8 Å². The van der Waals surface area contributed by atoms with E-state index in [1.165, 1.54) is 34.2 Å². The van der Waals surface area contributed by atoms with Crippen LogP contribution in [0.3, 0.4) is 0 Å². The molecule has 0 amide bonds. The number of hydrazine groups is 1. The third kappa shape index (κ3) is 3.17. The van der Waals surface area contributed by atoms with E-state index in [0.29, 0.717) is 12.0 Å². The van der Waals surface area contributed by atoms with Gasteiger partial charge in [-0.1, -0.05) is 53.6 Å². The first-order valence-electron chi connectivity index (χ1n) is 7.77. The molecule has 0 bridgehead atoms. The minimum absolute atomic E-state index is 0.338. The summed E-state index contributed by atoms with van der Waals surface area (Å²) in [5.74, 6) is 6.45. The Morgan fingerprint density at radius 1 is 1.14 bits per heavy atom. The van der Waals surface area contributed by atoms with Gasteiger partial charge >= 0.3 is 0 Å². The van der Waals surface area contributed by atoms with Crippen LogP contribution < -0.4 is 11.3 Å². The second kappa shape index (κ2) is 6.00. The molecule has 2 atom stereocenters. The molecule has 0 heterocycles. The average molecular weight is 280 g/mol. The molecule has 3 rings (SSSR count). The summed E-state index contributed by atoms with van der Waals surface area (Å²) < 4.78 is 0. The van der Waals surface area contributed by atoms with E-state index in [1.807, 2.05) is 0 Å². The maximum absolute atomic E-state index is 5.79. The van der Waals surface area contributed by atoms with E-state index in [1.54, 1.807) is 0 Å². The van der Waals surface area contributed by atoms with E-state index < -0.39 is 0 Å². The number of nitrogens with two attached hydrogens (primary N) is 1. The largest absolute Gasteiger partial charge is 0.271 e. The zero-order chi connectivity index (χ0) is 14.8. The van der Waals surface area contributed by atoms with Crippen molar-refractivity contribution in [1.82, 2.24) is 5.43 Å². The zero-order valence-electron chi connectivity index (χ0n) is 12.9. The lowest BCUT2D eigenvalue weighted by atomic mass is 9.74. The third-order valence-corrected chi connectivity index (χ3v) is 4.53. The van der Waals surface area contributed by atoms with Gasteiger partial charge in [-0.15, -0.1) is 0 Å². The van der Waals surface area contributed by atoms with Crippen molar-refractivity contribution in [2.75, 3.05) is 0 Å². The molecule has 1 aliphatic rings. The number of hydrogen-bond acceptors (Lipinski definition) is 2. The Balaban J connectivity index is 1.67. The summed E-state index contributed by atoms with van der Waals surface area (Å²) in [4.78, 5) is 0. The van der Waals surface area contributed by atoms with Gasteiger partial charge in [-0.2, -0.15) is 0 Å². The first kappa shape index (κ1) is 14.3. The number of hydrogen-bond donors (Lipinski definition) is 2. The third-order valence-electron chi connectivity index (χ3n) is 4.53. The molecule has 0 aromatic heterocycles. The van der Waals surface area contributed by atoms with Gasteiger partial charge in [0.2, 0.25) is 0 Å². The summed E-state index contributed by atoms with van der Waals surface area (Å²) in [5, 5.41) is 0. The molecule has 0 aliphatic heterocycles. The van der Waals surface area contributed by atoms with Gasteiger partial charge in [0.1, 0.15) is 0 Å². The van der Waals surface area contributed by atoms with Crippen LogP contribution in [0.4, 0.5) is 0 Å². The van der Waals surface area contributed by atoms with Crippen molar-refractivity contribution in [3.05, 3.63) is 70.3 Å². The molecule has 2 unspecified atom stereocenters. The van der Waals surface area contributed by atoms with E-state index in [9.17, 15) is 0 Å². The lowest BCUT2D eigenvalue weighted by Gasteiger charge is -2.33. The van der Waals surface area contributed by atoms with Crippen LogP contribution in [-0.2, 0) is 12.8 Å². The molecule has 21 heavy (non-hydrogen) atoms. The Morgan fingerprint density at radius 3 is 2.52 bits per heavy atom. The minimum atomic E-state index is 0.338. The molecule has 2 heteroatoms. The fourth-order valence-electron chi connectivity index (χ4n) is 3.60. The molecule has 0 saturated heterocycles. The van der Waals surface area contributed by atoms with Crippen LogP contribution in [0.15, 0.2) is 42.5 Å². The van der Waals surface area contributed by atoms with Gasteiger partial charge in [0.25, 0.3) is 0 Å². The Morgan fingerprint density at radius 2 is 1.86 bits per heavy atom. The van der Waals surface area contributed by atoms with Crippen molar-refractivity contribution >= 4 is 0 Å². The molecular weight excluding hydrogens is 256 g/mol. The topological polar surface area (TPSA) is 38.0 Å². The highest BCUT2D eigenvalue weighted by Crippen LogP contribution is 2.38. The number of aryl methyl sites for hydroxylation is 2. The lowest BCUT2D eigenvalue weighted by Crippen LogP contribution is -2.39. The molecule has 3 N–H and O–H groups in total. The van der Waals surface area contributed by atoms with Crippen molar-refractivity contribution in [2.24, 2.45) is 5.84 Å². The standard InChI is InChI=1S/C19H24N2/c1-13-7-14(2)9-15(8-13)10-18(21-20)12-17-11-16-5-3-4-6-19(16)17/h3-9,17-18,21H,10-12,20H2,1-2H3. The average Bonchev–Trinajstić information content (AvgIpc) is 2.42. The van der Waals surface area contributed by atoms with E-state index in [2.05, 4.69) is 61.7 Å². The minimum Gasteiger partial charge on any atom is -0.271 e. The Bertz CT molecular complexity index is 613. The van der Waals surface area contributed by atoms with Gasteiger partial charge in [0.05, 0.1) is 0 Å². The van der Waals surface area contributed by atoms with Gasteiger partial charge < -0.3 is 0 Å². The normalized spacial score (nSPS) is 18.0. The van der Waals surface area contributed by atoms with Crippen LogP contribution in [0.1, 0.15) is 40.2 Å². The summed E-state index contributed by atoms with van der Waals surface area (Å²) >= 11 is 0. The summed E-state index contributed by atoms with van der Waals surface area (Å²) in [6.07, 6.45) is 3.30. The molecular formula is C19H24N2. The molecule has 0 spiro atoms. The molecule has 2 aromatic rings. The van der Waals surface area contributed by atoms with Gasteiger partial charge in [0.15, 0.2) is 0 Å². The molecule has 0 fully saturated rings. The summed E-state index contributed by atoms with van der Waals surface area (Å²) in [5.41, 5.74) is 10.1. The fourth-order valence-corrected chi connectivity index (χ4v) is 3.60. The van der Waals surface area contributed by atoms with Gasteiger partial charge in [-0.25, -0.2) is 0 Å². The first-order valence-corrected chi connectivity index (χ1v) is 7.77. The van der Waals surface area contributed by atoms with Crippen LogP contribution in [0.2, 0.25) is 0 Å². The van der Waals surface area contributed by atoms with E-state index >= 15 is 0 Å². The zero-order valence-corrected chi connectivity index (χ0v) is 12.9. The van der Waals surface area contributed by atoms with Crippen LogP contribution in [0, 0.1) is 13.8 Å². The number of nitrogens with one attached hydrogen (secondary N) is 1. The first-order chi connectivity index (χ1) is 10.2.